The largest absolute Gasteiger partial charge is 0.492 e. The summed E-state index contributed by atoms with van der Waals surface area (Å²) in [4.78, 5) is 28.2. The number of rotatable bonds is 9. The second-order valence-electron chi connectivity index (χ2n) is 7.46. The third kappa shape index (κ3) is 7.36. The minimum Gasteiger partial charge on any atom is -0.492 e. The van der Waals surface area contributed by atoms with Crippen LogP contribution in [0.15, 0.2) is 48.5 Å². The Morgan fingerprint density at radius 2 is 1.62 bits per heavy atom. The Kier molecular flexibility index (Phi) is 7.93. The van der Waals surface area contributed by atoms with Crippen molar-refractivity contribution in [2.45, 2.75) is 26.4 Å². The van der Waals surface area contributed by atoms with Crippen molar-refractivity contribution in [2.24, 2.45) is 0 Å². The zero-order valence-electron chi connectivity index (χ0n) is 18.7. The number of benzene rings is 2. The van der Waals surface area contributed by atoms with Gasteiger partial charge in [0.15, 0.2) is 6.61 Å². The Morgan fingerprint density at radius 3 is 2.24 bits per heavy atom. The molecule has 0 aliphatic rings. The van der Waals surface area contributed by atoms with E-state index in [-0.39, 0.29) is 30.7 Å². The van der Waals surface area contributed by atoms with Crippen molar-refractivity contribution in [2.75, 3.05) is 25.1 Å². The topological polar surface area (TPSA) is 89.6 Å². The Balaban J connectivity index is 1.52. The van der Waals surface area contributed by atoms with E-state index in [2.05, 4.69) is 15.6 Å². The molecule has 2 aromatic carbocycles. The molecular formula is C24H24F3N3O4. The number of hydrogen-bond acceptors (Lipinski definition) is 5. The first-order chi connectivity index (χ1) is 16.1. The smallest absolute Gasteiger partial charge is 0.422 e. The van der Waals surface area contributed by atoms with Gasteiger partial charge in [-0.15, -0.1) is 0 Å². The number of nitrogens with one attached hydrogen (secondary N) is 2. The number of halogens is 3. The van der Waals surface area contributed by atoms with E-state index in [1.54, 1.807) is 44.2 Å². The predicted molar refractivity (Wildman–Crippen MR) is 121 cm³/mol. The number of hydrogen-bond donors (Lipinski definition) is 2. The lowest BCUT2D eigenvalue weighted by Gasteiger charge is -2.11. The molecular weight excluding hydrogens is 451 g/mol. The molecule has 180 valence electrons. The molecule has 2 amide bonds. The Labute approximate surface area is 194 Å². The molecule has 0 aliphatic carbocycles. The lowest BCUT2D eigenvalue weighted by molar-refractivity contribution is -0.153. The maximum absolute atomic E-state index is 12.4. The van der Waals surface area contributed by atoms with Gasteiger partial charge in [-0.3, -0.25) is 9.59 Å². The van der Waals surface area contributed by atoms with Gasteiger partial charge in [-0.2, -0.15) is 13.2 Å². The number of pyridine rings is 1. The molecule has 0 saturated heterocycles. The molecule has 0 bridgehead atoms. The summed E-state index contributed by atoms with van der Waals surface area (Å²) in [7, 11) is 0. The lowest BCUT2D eigenvalue weighted by atomic mass is 10.1. The summed E-state index contributed by atoms with van der Waals surface area (Å²) in [6.45, 7) is 2.54. The van der Waals surface area contributed by atoms with Gasteiger partial charge in [0.1, 0.15) is 23.9 Å². The number of carbonyl (C=O) groups excluding carboxylic acids is 2. The molecule has 0 unspecified atom stereocenters. The van der Waals surface area contributed by atoms with Crippen LogP contribution in [0.1, 0.15) is 29.4 Å². The van der Waals surface area contributed by atoms with Crippen LogP contribution in [0.25, 0.3) is 10.8 Å². The highest BCUT2D eigenvalue weighted by atomic mass is 19.4. The minimum absolute atomic E-state index is 0.130. The van der Waals surface area contributed by atoms with Crippen molar-refractivity contribution in [3.8, 4) is 11.5 Å². The summed E-state index contributed by atoms with van der Waals surface area (Å²) in [5.41, 5.74) is 0.964. The molecule has 0 saturated carbocycles. The van der Waals surface area contributed by atoms with Gasteiger partial charge in [0.25, 0.3) is 5.91 Å². The molecule has 0 atom stereocenters. The molecule has 0 spiro atoms. The maximum atomic E-state index is 12.4. The van der Waals surface area contributed by atoms with Crippen LogP contribution in [0.4, 0.5) is 19.0 Å². The molecule has 10 heteroatoms. The fourth-order valence-electron chi connectivity index (χ4n) is 3.08. The van der Waals surface area contributed by atoms with Crippen LogP contribution < -0.4 is 20.1 Å². The van der Waals surface area contributed by atoms with Crippen molar-refractivity contribution < 1.29 is 32.2 Å². The molecule has 3 aromatic rings. The number of nitrogens with zero attached hydrogens (tertiary/aromatic N) is 1. The number of carbonyl (C=O) groups is 2. The molecule has 1 aromatic heterocycles. The van der Waals surface area contributed by atoms with Crippen molar-refractivity contribution >= 4 is 28.4 Å². The van der Waals surface area contributed by atoms with E-state index >= 15 is 0 Å². The van der Waals surface area contributed by atoms with Gasteiger partial charge in [0.05, 0.1) is 6.54 Å². The Morgan fingerprint density at radius 1 is 0.971 bits per heavy atom. The zero-order valence-corrected chi connectivity index (χ0v) is 18.7. The summed E-state index contributed by atoms with van der Waals surface area (Å²) >= 11 is 0. The summed E-state index contributed by atoms with van der Waals surface area (Å²) in [5, 5.41) is 6.87. The van der Waals surface area contributed by atoms with Crippen molar-refractivity contribution in [1.29, 1.82) is 0 Å². The van der Waals surface area contributed by atoms with Crippen molar-refractivity contribution in [3.05, 3.63) is 59.8 Å². The van der Waals surface area contributed by atoms with Crippen LogP contribution in [0.5, 0.6) is 11.5 Å². The number of alkyl halides is 3. The molecule has 34 heavy (non-hydrogen) atoms. The van der Waals surface area contributed by atoms with Crippen molar-refractivity contribution in [3.63, 3.8) is 0 Å². The van der Waals surface area contributed by atoms with Crippen LogP contribution in [0.2, 0.25) is 0 Å². The normalized spacial score (nSPS) is 11.2. The number of anilines is 1. The number of aryl methyl sites for hydroxylation is 1. The molecule has 0 fully saturated rings. The fraction of sp³-hybridized carbons (Fsp3) is 0.292. The summed E-state index contributed by atoms with van der Waals surface area (Å²) in [6.07, 6.45) is -4.10. The van der Waals surface area contributed by atoms with Gasteiger partial charge in [-0.05, 0) is 54.1 Å². The fourth-order valence-corrected chi connectivity index (χ4v) is 3.08. The van der Waals surface area contributed by atoms with Crippen LogP contribution in [-0.4, -0.2) is 42.7 Å². The van der Waals surface area contributed by atoms with Crippen molar-refractivity contribution in [1.82, 2.24) is 10.3 Å². The standard InChI is InChI=1S/C24H24F3N3O4/c1-3-22(31)30-21-13-18(10-15(2)29-21)23(32)28-8-9-33-19-6-4-17-12-20(7-5-16(17)11-19)34-14-24(25,26)27/h4-7,10-13H,3,8-9,14H2,1-2H3,(H,28,32)(H,29,30,31). The van der Waals surface area contributed by atoms with E-state index in [0.717, 1.165) is 5.39 Å². The van der Waals surface area contributed by atoms with E-state index in [0.29, 0.717) is 34.6 Å². The highest BCUT2D eigenvalue weighted by Crippen LogP contribution is 2.26. The van der Waals surface area contributed by atoms with Crippen LogP contribution >= 0.6 is 0 Å². The van der Waals surface area contributed by atoms with E-state index in [1.165, 1.54) is 18.2 Å². The average Bonchev–Trinajstić information content (AvgIpc) is 2.79. The molecule has 0 radical (unpaired) electrons. The molecule has 7 nitrogen and oxygen atoms in total. The molecule has 1 heterocycles. The number of amides is 2. The first-order valence-electron chi connectivity index (χ1n) is 10.6. The lowest BCUT2D eigenvalue weighted by Crippen LogP contribution is -2.28. The molecule has 0 aliphatic heterocycles. The SMILES string of the molecule is CCC(=O)Nc1cc(C(=O)NCCOc2ccc3cc(OCC(F)(F)F)ccc3c2)cc(C)n1. The van der Waals surface area contributed by atoms with Gasteiger partial charge in [-0.1, -0.05) is 19.1 Å². The third-order valence-electron chi connectivity index (χ3n) is 4.65. The summed E-state index contributed by atoms with van der Waals surface area (Å²) in [6, 6.07) is 12.9. The van der Waals surface area contributed by atoms with Gasteiger partial charge < -0.3 is 20.1 Å². The third-order valence-corrected chi connectivity index (χ3v) is 4.65. The van der Waals surface area contributed by atoms with E-state index in [9.17, 15) is 22.8 Å². The van der Waals surface area contributed by atoms with E-state index in [1.807, 2.05) is 0 Å². The number of fused-ring (bicyclic) bond motifs is 1. The maximum Gasteiger partial charge on any atom is 0.422 e. The summed E-state index contributed by atoms with van der Waals surface area (Å²) < 4.78 is 47.4. The van der Waals surface area contributed by atoms with E-state index in [4.69, 9.17) is 9.47 Å². The number of ether oxygens (including phenoxy) is 2. The highest BCUT2D eigenvalue weighted by molar-refractivity contribution is 5.96. The van der Waals surface area contributed by atoms with Gasteiger partial charge in [0.2, 0.25) is 5.91 Å². The zero-order chi connectivity index (χ0) is 24.7. The Bertz CT molecular complexity index is 1180. The quantitative estimate of drug-likeness (QED) is 0.440. The monoisotopic (exact) mass is 475 g/mol. The first-order valence-corrected chi connectivity index (χ1v) is 10.6. The average molecular weight is 475 g/mol. The van der Waals surface area contributed by atoms with E-state index < -0.39 is 12.8 Å². The second kappa shape index (κ2) is 10.9. The van der Waals surface area contributed by atoms with Gasteiger partial charge >= 0.3 is 6.18 Å². The predicted octanol–water partition coefficient (Wildman–Crippen LogP) is 4.64. The van der Waals surface area contributed by atoms with Gasteiger partial charge in [0, 0.05) is 17.7 Å². The Hall–Kier alpha value is -3.82. The first kappa shape index (κ1) is 24.8. The van der Waals surface area contributed by atoms with Crippen LogP contribution in [-0.2, 0) is 4.79 Å². The molecule has 2 N–H and O–H groups in total. The second-order valence-corrected chi connectivity index (χ2v) is 7.46. The van der Waals surface area contributed by atoms with Crippen LogP contribution in [0.3, 0.4) is 0 Å². The minimum atomic E-state index is -4.40. The summed E-state index contributed by atoms with van der Waals surface area (Å²) in [5.74, 6) is 0.473. The van der Waals surface area contributed by atoms with Gasteiger partial charge in [-0.25, -0.2) is 4.98 Å². The highest BCUT2D eigenvalue weighted by Gasteiger charge is 2.28. The molecule has 3 rings (SSSR count). The van der Waals surface area contributed by atoms with Crippen LogP contribution in [0, 0.1) is 6.92 Å². The number of aromatic nitrogens is 1.